The van der Waals surface area contributed by atoms with E-state index in [1.54, 1.807) is 18.2 Å². The number of benzene rings is 1. The third-order valence-electron chi connectivity index (χ3n) is 4.30. The van der Waals surface area contributed by atoms with Gasteiger partial charge in [-0.3, -0.25) is 0 Å². The molecular weight excluding hydrogens is 375 g/mol. The minimum atomic E-state index is -3.05. The van der Waals surface area contributed by atoms with Crippen molar-refractivity contribution >= 4 is 44.8 Å². The van der Waals surface area contributed by atoms with Crippen molar-refractivity contribution in [3.05, 3.63) is 28.2 Å². The fourth-order valence-electron chi connectivity index (χ4n) is 3.29. The van der Waals surface area contributed by atoms with Crippen LogP contribution in [0.4, 0.5) is 10.5 Å². The first kappa shape index (κ1) is 17.8. The summed E-state index contributed by atoms with van der Waals surface area (Å²) in [6, 6.07) is 4.26. The largest absolute Gasteiger partial charge is 0.374 e. The van der Waals surface area contributed by atoms with Crippen LogP contribution in [0.2, 0.25) is 10.0 Å². The highest BCUT2D eigenvalue weighted by Crippen LogP contribution is 2.35. The van der Waals surface area contributed by atoms with E-state index in [1.807, 2.05) is 0 Å². The van der Waals surface area contributed by atoms with Crippen molar-refractivity contribution in [2.75, 3.05) is 23.4 Å². The van der Waals surface area contributed by atoms with E-state index in [-0.39, 0.29) is 23.6 Å². The number of carbonyl (C=O) groups excluding carboxylic acids is 1. The van der Waals surface area contributed by atoms with Crippen molar-refractivity contribution in [1.82, 2.24) is 5.32 Å². The van der Waals surface area contributed by atoms with Gasteiger partial charge in [-0.2, -0.15) is 0 Å². The summed E-state index contributed by atoms with van der Waals surface area (Å²) in [4.78, 5) is 12.2. The zero-order valence-corrected chi connectivity index (χ0v) is 15.2. The van der Waals surface area contributed by atoms with Crippen LogP contribution in [0.3, 0.4) is 0 Å². The van der Waals surface area contributed by atoms with E-state index in [9.17, 15) is 13.2 Å². The zero-order chi connectivity index (χ0) is 17.4. The topological polar surface area (TPSA) is 84.5 Å². The number of nitrogens with one attached hydrogen (secondary N) is 2. The minimum absolute atomic E-state index is 0.0314. The molecule has 1 spiro atoms. The SMILES string of the molecule is O=C(Nc1cc(Cl)cc(Cl)c1)N[C@H]1CCO[C@]2(CCS(=O)(=O)C2)C1. The summed E-state index contributed by atoms with van der Waals surface area (Å²) in [5.74, 6) is 0.177. The Balaban J connectivity index is 1.60. The maximum atomic E-state index is 12.2. The molecule has 2 heterocycles. The second-order valence-corrected chi connectivity index (χ2v) is 9.38. The second-order valence-electron chi connectivity index (χ2n) is 6.32. The Morgan fingerprint density at radius 2 is 1.96 bits per heavy atom. The summed E-state index contributed by atoms with van der Waals surface area (Å²) < 4.78 is 29.2. The first-order valence-electron chi connectivity index (χ1n) is 7.63. The molecule has 2 N–H and O–H groups in total. The van der Waals surface area contributed by atoms with E-state index >= 15 is 0 Å². The molecule has 2 amide bonds. The van der Waals surface area contributed by atoms with Crippen LogP contribution in [0.1, 0.15) is 19.3 Å². The van der Waals surface area contributed by atoms with Gasteiger partial charge in [0.05, 0.1) is 17.1 Å². The Morgan fingerprint density at radius 3 is 2.58 bits per heavy atom. The molecule has 9 heteroatoms. The van der Waals surface area contributed by atoms with Crippen LogP contribution in [0, 0.1) is 0 Å². The molecule has 2 aliphatic heterocycles. The van der Waals surface area contributed by atoms with Crippen LogP contribution < -0.4 is 10.6 Å². The highest BCUT2D eigenvalue weighted by molar-refractivity contribution is 7.91. The lowest BCUT2D eigenvalue weighted by atomic mass is 9.90. The molecule has 1 aromatic rings. The van der Waals surface area contributed by atoms with E-state index in [0.29, 0.717) is 41.6 Å². The fraction of sp³-hybridized carbons (Fsp3) is 0.533. The Hall–Kier alpha value is -1.02. The Kier molecular flexibility index (Phi) is 4.97. The predicted molar refractivity (Wildman–Crippen MR) is 93.6 cm³/mol. The molecule has 3 rings (SSSR count). The maximum absolute atomic E-state index is 12.2. The number of halogens is 2. The number of carbonyl (C=O) groups is 1. The summed E-state index contributed by atoms with van der Waals surface area (Å²) >= 11 is 11.8. The monoisotopic (exact) mass is 392 g/mol. The van der Waals surface area contributed by atoms with Crippen molar-refractivity contribution in [3.63, 3.8) is 0 Å². The van der Waals surface area contributed by atoms with E-state index in [4.69, 9.17) is 27.9 Å². The number of hydrogen-bond acceptors (Lipinski definition) is 4. The van der Waals surface area contributed by atoms with E-state index in [2.05, 4.69) is 10.6 Å². The lowest BCUT2D eigenvalue weighted by molar-refractivity contribution is -0.0685. The minimum Gasteiger partial charge on any atom is -0.374 e. The Morgan fingerprint density at radius 1 is 1.25 bits per heavy atom. The normalized spacial score (nSPS) is 28.7. The number of urea groups is 1. The molecule has 0 aromatic heterocycles. The van der Waals surface area contributed by atoms with Crippen molar-refractivity contribution < 1.29 is 17.9 Å². The molecule has 132 valence electrons. The maximum Gasteiger partial charge on any atom is 0.319 e. The smallest absolute Gasteiger partial charge is 0.319 e. The molecular formula is C15H18Cl2N2O4S. The van der Waals surface area contributed by atoms with Gasteiger partial charge in [-0.05, 0) is 37.5 Å². The summed E-state index contributed by atoms with van der Waals surface area (Å²) in [5.41, 5.74) is -0.163. The van der Waals surface area contributed by atoms with Crippen molar-refractivity contribution in [2.45, 2.75) is 30.9 Å². The standard InChI is InChI=1S/C15H18Cl2N2O4S/c16-10-5-11(17)7-13(6-10)19-14(20)18-12-1-3-23-15(8-12)2-4-24(21,22)9-15/h5-7,12H,1-4,8-9H2,(H2,18,19,20)/t12-,15+/m0/s1. The predicted octanol–water partition coefficient (Wildman–Crippen LogP) is 2.85. The van der Waals surface area contributed by atoms with Crippen LogP contribution in [0.15, 0.2) is 18.2 Å². The van der Waals surface area contributed by atoms with Crippen LogP contribution in [0.25, 0.3) is 0 Å². The van der Waals surface area contributed by atoms with Crippen LogP contribution in [-0.2, 0) is 14.6 Å². The molecule has 1 aromatic carbocycles. The van der Waals surface area contributed by atoms with Crippen molar-refractivity contribution in [1.29, 1.82) is 0 Å². The fourth-order valence-corrected chi connectivity index (χ4v) is 5.79. The van der Waals surface area contributed by atoms with Gasteiger partial charge >= 0.3 is 6.03 Å². The summed E-state index contributed by atoms with van der Waals surface area (Å²) in [6.07, 6.45) is 1.63. The first-order chi connectivity index (χ1) is 11.3. The van der Waals surface area contributed by atoms with Gasteiger partial charge in [-0.1, -0.05) is 23.2 Å². The molecule has 0 aliphatic carbocycles. The Labute approximate surface area is 150 Å². The van der Waals surface area contributed by atoms with Gasteiger partial charge in [0, 0.05) is 28.4 Å². The number of rotatable bonds is 2. The molecule has 0 bridgehead atoms. The molecule has 2 saturated heterocycles. The number of amides is 2. The molecule has 2 fully saturated rings. The molecule has 2 atom stereocenters. The van der Waals surface area contributed by atoms with Gasteiger partial charge in [-0.15, -0.1) is 0 Å². The summed E-state index contributed by atoms with van der Waals surface area (Å²) in [7, 11) is -3.05. The molecule has 0 unspecified atom stereocenters. The van der Waals surface area contributed by atoms with Gasteiger partial charge in [-0.25, -0.2) is 13.2 Å². The van der Waals surface area contributed by atoms with Gasteiger partial charge < -0.3 is 15.4 Å². The van der Waals surface area contributed by atoms with Gasteiger partial charge in [0.1, 0.15) is 0 Å². The van der Waals surface area contributed by atoms with Crippen LogP contribution >= 0.6 is 23.2 Å². The van der Waals surface area contributed by atoms with Crippen molar-refractivity contribution in [3.8, 4) is 0 Å². The molecule has 2 aliphatic rings. The number of sulfone groups is 1. The molecule has 0 radical (unpaired) electrons. The average molecular weight is 393 g/mol. The highest BCUT2D eigenvalue weighted by Gasteiger charge is 2.46. The van der Waals surface area contributed by atoms with E-state index in [0.717, 1.165) is 0 Å². The molecule has 0 saturated carbocycles. The van der Waals surface area contributed by atoms with Gasteiger partial charge in [0.15, 0.2) is 9.84 Å². The number of hydrogen-bond donors (Lipinski definition) is 2. The lowest BCUT2D eigenvalue weighted by Gasteiger charge is -2.37. The van der Waals surface area contributed by atoms with E-state index in [1.165, 1.54) is 0 Å². The number of ether oxygens (including phenoxy) is 1. The van der Waals surface area contributed by atoms with Gasteiger partial charge in [0.25, 0.3) is 0 Å². The quantitative estimate of drug-likeness (QED) is 0.809. The second kappa shape index (κ2) is 6.71. The lowest BCUT2D eigenvalue weighted by Crippen LogP contribution is -2.50. The molecule has 24 heavy (non-hydrogen) atoms. The zero-order valence-electron chi connectivity index (χ0n) is 12.8. The van der Waals surface area contributed by atoms with Crippen molar-refractivity contribution in [2.24, 2.45) is 0 Å². The highest BCUT2D eigenvalue weighted by atomic mass is 35.5. The molecule has 6 nitrogen and oxygen atoms in total. The van der Waals surface area contributed by atoms with E-state index < -0.39 is 15.4 Å². The first-order valence-corrected chi connectivity index (χ1v) is 10.2. The third-order valence-corrected chi connectivity index (χ3v) is 6.53. The third kappa shape index (κ3) is 4.33. The summed E-state index contributed by atoms with van der Waals surface area (Å²) in [5, 5.41) is 6.42. The van der Waals surface area contributed by atoms with Gasteiger partial charge in [0.2, 0.25) is 0 Å². The van der Waals surface area contributed by atoms with Crippen LogP contribution in [0.5, 0.6) is 0 Å². The summed E-state index contributed by atoms with van der Waals surface area (Å²) in [6.45, 7) is 0.434. The average Bonchev–Trinajstić information content (AvgIpc) is 2.72. The Bertz CT molecular complexity index is 736. The number of anilines is 1. The van der Waals surface area contributed by atoms with Crippen LogP contribution in [-0.4, -0.2) is 44.2 Å².